The monoisotopic (exact) mass is 309 g/mol. The van der Waals surface area contributed by atoms with Crippen LogP contribution in [0.4, 0.5) is 5.82 Å². The zero-order chi connectivity index (χ0) is 14.8. The van der Waals surface area contributed by atoms with Crippen LogP contribution < -0.4 is 5.32 Å². The molecule has 0 saturated carbocycles. The van der Waals surface area contributed by atoms with E-state index in [-0.39, 0.29) is 11.5 Å². The number of hydrogen-bond acceptors (Lipinski definition) is 4. The van der Waals surface area contributed by atoms with E-state index in [2.05, 4.69) is 60.5 Å². The summed E-state index contributed by atoms with van der Waals surface area (Å²) in [7, 11) is 0. The van der Waals surface area contributed by atoms with Gasteiger partial charge in [-0.2, -0.15) is 0 Å². The number of nitrogens with zero attached hydrogens (tertiary/aromatic N) is 2. The molecule has 2 aromatic rings. The fraction of sp³-hybridized carbons (Fsp3) is 0.467. The third-order valence-corrected chi connectivity index (χ3v) is 4.16. The van der Waals surface area contributed by atoms with E-state index in [9.17, 15) is 0 Å². The van der Waals surface area contributed by atoms with Crippen LogP contribution in [0.5, 0.6) is 0 Å². The Morgan fingerprint density at radius 3 is 2.65 bits per heavy atom. The van der Waals surface area contributed by atoms with Gasteiger partial charge in [0.2, 0.25) is 0 Å². The lowest BCUT2D eigenvalue weighted by Crippen LogP contribution is -2.18. The van der Waals surface area contributed by atoms with Gasteiger partial charge >= 0.3 is 0 Å². The zero-order valence-electron chi connectivity index (χ0n) is 12.3. The number of aromatic nitrogens is 2. The maximum Gasteiger partial charge on any atom is 0.137 e. The second kappa shape index (κ2) is 6.10. The van der Waals surface area contributed by atoms with Crippen LogP contribution in [0.15, 0.2) is 23.6 Å². The van der Waals surface area contributed by atoms with Gasteiger partial charge in [-0.25, -0.2) is 9.97 Å². The third kappa shape index (κ3) is 3.70. The molecule has 108 valence electrons. The van der Waals surface area contributed by atoms with Crippen LogP contribution in [0.1, 0.15) is 50.9 Å². The molecule has 0 aromatic carbocycles. The molecule has 2 rings (SSSR count). The smallest absolute Gasteiger partial charge is 0.137 e. The Balaban J connectivity index is 2.27. The molecule has 2 heterocycles. The van der Waals surface area contributed by atoms with Crippen molar-refractivity contribution < 1.29 is 0 Å². The first-order valence-corrected chi connectivity index (χ1v) is 8.01. The molecule has 0 aliphatic heterocycles. The molecule has 3 nitrogen and oxygen atoms in total. The molecule has 1 unspecified atom stereocenters. The van der Waals surface area contributed by atoms with Crippen molar-refractivity contribution in [2.24, 2.45) is 0 Å². The Kier molecular flexibility index (Phi) is 4.66. The van der Waals surface area contributed by atoms with Gasteiger partial charge in [0.1, 0.15) is 16.8 Å². The molecule has 2 aromatic heterocycles. The van der Waals surface area contributed by atoms with Crippen LogP contribution in [0, 0.1) is 0 Å². The minimum Gasteiger partial charge on any atom is -0.362 e. The Labute approximate surface area is 129 Å². The molecule has 1 N–H and O–H groups in total. The molecule has 0 aliphatic rings. The molecule has 1 atom stereocenters. The van der Waals surface area contributed by atoms with Crippen molar-refractivity contribution >= 4 is 28.8 Å². The van der Waals surface area contributed by atoms with E-state index < -0.39 is 0 Å². The van der Waals surface area contributed by atoms with Crippen molar-refractivity contribution in [3.05, 3.63) is 39.4 Å². The summed E-state index contributed by atoms with van der Waals surface area (Å²) in [5, 5.41) is 6.03. The van der Waals surface area contributed by atoms with Crippen molar-refractivity contribution in [1.82, 2.24) is 9.97 Å². The van der Waals surface area contributed by atoms with E-state index >= 15 is 0 Å². The molecule has 0 aliphatic carbocycles. The Morgan fingerprint density at radius 1 is 1.35 bits per heavy atom. The van der Waals surface area contributed by atoms with Gasteiger partial charge in [0.25, 0.3) is 0 Å². The van der Waals surface area contributed by atoms with Crippen LogP contribution in [-0.2, 0) is 5.41 Å². The normalized spacial score (nSPS) is 13.2. The van der Waals surface area contributed by atoms with Gasteiger partial charge in [0.05, 0.1) is 6.04 Å². The third-order valence-electron chi connectivity index (χ3n) is 2.98. The second-order valence-electron chi connectivity index (χ2n) is 5.77. The van der Waals surface area contributed by atoms with Crippen molar-refractivity contribution in [2.75, 3.05) is 5.32 Å². The first-order chi connectivity index (χ1) is 9.40. The van der Waals surface area contributed by atoms with Gasteiger partial charge in [-0.1, -0.05) is 45.4 Å². The van der Waals surface area contributed by atoms with Crippen molar-refractivity contribution in [3.8, 4) is 0 Å². The highest BCUT2D eigenvalue weighted by molar-refractivity contribution is 7.10. The predicted octanol–water partition coefficient (Wildman–Crippen LogP) is 5.05. The summed E-state index contributed by atoms with van der Waals surface area (Å²) in [6.45, 7) is 8.40. The summed E-state index contributed by atoms with van der Waals surface area (Å²) in [4.78, 5) is 10.2. The van der Waals surface area contributed by atoms with Crippen LogP contribution >= 0.6 is 22.9 Å². The van der Waals surface area contributed by atoms with Gasteiger partial charge in [0, 0.05) is 16.4 Å². The minimum atomic E-state index is -0.119. The lowest BCUT2D eigenvalue weighted by Gasteiger charge is -2.20. The maximum atomic E-state index is 6.12. The maximum absolute atomic E-state index is 6.12. The minimum absolute atomic E-state index is 0.119. The van der Waals surface area contributed by atoms with Gasteiger partial charge in [-0.05, 0) is 17.9 Å². The Hall–Kier alpha value is -1.13. The lowest BCUT2D eigenvalue weighted by molar-refractivity contribution is 0.545. The Bertz CT molecular complexity index is 561. The second-order valence-corrected chi connectivity index (χ2v) is 7.14. The summed E-state index contributed by atoms with van der Waals surface area (Å²) in [6.07, 6.45) is 0.993. The van der Waals surface area contributed by atoms with E-state index in [0.717, 1.165) is 18.1 Å². The van der Waals surface area contributed by atoms with Crippen molar-refractivity contribution in [2.45, 2.75) is 45.6 Å². The number of thiophene rings is 1. The number of anilines is 1. The number of hydrogen-bond donors (Lipinski definition) is 1. The summed E-state index contributed by atoms with van der Waals surface area (Å²) in [5.74, 6) is 1.55. The predicted molar refractivity (Wildman–Crippen MR) is 86.7 cm³/mol. The van der Waals surface area contributed by atoms with E-state index in [0.29, 0.717) is 5.15 Å². The average molecular weight is 310 g/mol. The first-order valence-electron chi connectivity index (χ1n) is 6.75. The quantitative estimate of drug-likeness (QED) is 0.803. The Morgan fingerprint density at radius 2 is 2.10 bits per heavy atom. The summed E-state index contributed by atoms with van der Waals surface area (Å²) < 4.78 is 0. The van der Waals surface area contributed by atoms with Gasteiger partial charge in [0.15, 0.2) is 0 Å². The number of nitrogens with one attached hydrogen (secondary N) is 1. The average Bonchev–Trinajstić information content (AvgIpc) is 2.88. The van der Waals surface area contributed by atoms with Crippen LogP contribution in [0.2, 0.25) is 5.15 Å². The molecule has 0 bridgehead atoms. The highest BCUT2D eigenvalue weighted by Crippen LogP contribution is 2.28. The first kappa shape index (κ1) is 15.3. The SMILES string of the molecule is CCC(Nc1cc(Cl)nc(C(C)(C)C)n1)c1cccs1. The summed E-state index contributed by atoms with van der Waals surface area (Å²) >= 11 is 7.87. The largest absolute Gasteiger partial charge is 0.362 e. The highest BCUT2D eigenvalue weighted by atomic mass is 35.5. The zero-order valence-corrected chi connectivity index (χ0v) is 13.8. The van der Waals surface area contributed by atoms with E-state index in [1.807, 2.05) is 0 Å². The molecule has 0 amide bonds. The fourth-order valence-electron chi connectivity index (χ4n) is 1.87. The van der Waals surface area contributed by atoms with Crippen LogP contribution in [-0.4, -0.2) is 9.97 Å². The molecular weight excluding hydrogens is 290 g/mol. The molecule has 0 saturated heterocycles. The standard InChI is InChI=1S/C15H20ClN3S/c1-5-10(11-7-6-8-20-11)17-13-9-12(16)18-14(19-13)15(2,3)4/h6-10H,5H2,1-4H3,(H,17,18,19). The summed E-state index contributed by atoms with van der Waals surface area (Å²) in [6, 6.07) is 6.25. The molecule has 20 heavy (non-hydrogen) atoms. The topological polar surface area (TPSA) is 37.8 Å². The van der Waals surface area contributed by atoms with E-state index in [1.165, 1.54) is 4.88 Å². The molecule has 0 fully saturated rings. The van der Waals surface area contributed by atoms with Crippen molar-refractivity contribution in [3.63, 3.8) is 0 Å². The summed E-state index contributed by atoms with van der Waals surface area (Å²) in [5.41, 5.74) is -0.119. The van der Waals surface area contributed by atoms with Crippen LogP contribution in [0.3, 0.4) is 0 Å². The van der Waals surface area contributed by atoms with Gasteiger partial charge in [-0.3, -0.25) is 0 Å². The molecule has 0 spiro atoms. The number of rotatable bonds is 4. The lowest BCUT2D eigenvalue weighted by atomic mass is 9.96. The van der Waals surface area contributed by atoms with Crippen LogP contribution in [0.25, 0.3) is 0 Å². The molecule has 5 heteroatoms. The highest BCUT2D eigenvalue weighted by Gasteiger charge is 2.20. The fourth-order valence-corrected chi connectivity index (χ4v) is 2.91. The number of halogens is 1. The molecular formula is C15H20ClN3S. The van der Waals surface area contributed by atoms with Crippen molar-refractivity contribution in [1.29, 1.82) is 0 Å². The van der Waals surface area contributed by atoms with Gasteiger partial charge in [-0.15, -0.1) is 11.3 Å². The van der Waals surface area contributed by atoms with E-state index in [1.54, 1.807) is 17.4 Å². The molecule has 0 radical (unpaired) electrons. The van der Waals surface area contributed by atoms with Gasteiger partial charge < -0.3 is 5.32 Å². The van der Waals surface area contributed by atoms with E-state index in [4.69, 9.17) is 11.6 Å².